The first-order chi connectivity index (χ1) is 12.1. The number of ether oxygens (including phenoxy) is 1. The Kier molecular flexibility index (Phi) is 4.85. The van der Waals surface area contributed by atoms with E-state index in [1.54, 1.807) is 31.6 Å². The second-order valence-corrected chi connectivity index (χ2v) is 5.55. The van der Waals surface area contributed by atoms with Crippen LogP contribution < -0.4 is 10.1 Å². The van der Waals surface area contributed by atoms with Gasteiger partial charge in [0.15, 0.2) is 0 Å². The number of nitrogens with zero attached hydrogens (tertiary/aromatic N) is 2. The minimum absolute atomic E-state index is 0.0803. The highest BCUT2D eigenvalue weighted by atomic mass is 16.5. The molecule has 0 bridgehead atoms. The average Bonchev–Trinajstić information content (AvgIpc) is 3.29. The summed E-state index contributed by atoms with van der Waals surface area (Å²) in [5.41, 5.74) is 1.95. The van der Waals surface area contributed by atoms with Gasteiger partial charge in [0.1, 0.15) is 11.3 Å². The third-order valence-electron chi connectivity index (χ3n) is 3.79. The van der Waals surface area contributed by atoms with Crippen LogP contribution in [-0.4, -0.2) is 34.4 Å². The van der Waals surface area contributed by atoms with E-state index in [0.29, 0.717) is 11.1 Å². The number of aromatic nitrogens is 2. The molecule has 0 saturated heterocycles. The number of methoxy groups -OCH3 is 1. The summed E-state index contributed by atoms with van der Waals surface area (Å²) >= 11 is 0. The van der Waals surface area contributed by atoms with Crippen molar-refractivity contribution in [2.45, 2.75) is 6.10 Å². The highest BCUT2D eigenvalue weighted by molar-refractivity contribution is 5.96. The average molecular weight is 341 g/mol. The van der Waals surface area contributed by atoms with Gasteiger partial charge < -0.3 is 19.6 Å². The van der Waals surface area contributed by atoms with Gasteiger partial charge in [-0.05, 0) is 17.7 Å². The van der Waals surface area contributed by atoms with Gasteiger partial charge in [-0.3, -0.25) is 9.48 Å². The molecule has 1 amide bonds. The van der Waals surface area contributed by atoms with E-state index < -0.39 is 6.10 Å². The number of rotatable bonds is 6. The first-order valence-electron chi connectivity index (χ1n) is 7.76. The minimum Gasteiger partial charge on any atom is -0.479 e. The van der Waals surface area contributed by atoms with Crippen LogP contribution in [0.5, 0.6) is 5.88 Å². The van der Waals surface area contributed by atoms with Gasteiger partial charge in [0, 0.05) is 25.4 Å². The molecule has 0 aliphatic heterocycles. The van der Waals surface area contributed by atoms with E-state index in [-0.39, 0.29) is 18.3 Å². The molecule has 1 aromatic carbocycles. The first-order valence-corrected chi connectivity index (χ1v) is 7.76. The Bertz CT molecular complexity index is 838. The molecule has 0 saturated carbocycles. The molecule has 7 heteroatoms. The van der Waals surface area contributed by atoms with Crippen molar-refractivity contribution < 1.29 is 19.1 Å². The molecule has 2 heterocycles. The highest BCUT2D eigenvalue weighted by Gasteiger charge is 2.17. The standard InChI is InChI=1S/C18H19N3O4/c1-21-11-14(18(20-21)24-2)17(23)19-10-15(22)12-5-7-13(8-6-12)16-4-3-9-25-16/h3-9,11,15,22H,10H2,1-2H3,(H,19,23). The largest absolute Gasteiger partial charge is 0.479 e. The van der Waals surface area contributed by atoms with Gasteiger partial charge >= 0.3 is 0 Å². The number of carbonyl (C=O) groups excluding carboxylic acids is 1. The van der Waals surface area contributed by atoms with Crippen molar-refractivity contribution in [1.82, 2.24) is 15.1 Å². The van der Waals surface area contributed by atoms with Crippen LogP contribution in [-0.2, 0) is 7.05 Å². The normalized spacial score (nSPS) is 12.0. The van der Waals surface area contributed by atoms with Crippen LogP contribution in [0.4, 0.5) is 0 Å². The molecule has 0 radical (unpaired) electrons. The highest BCUT2D eigenvalue weighted by Crippen LogP contribution is 2.22. The number of nitrogens with one attached hydrogen (secondary N) is 1. The molecule has 0 aliphatic rings. The van der Waals surface area contributed by atoms with E-state index in [9.17, 15) is 9.90 Å². The molecule has 3 rings (SSSR count). The number of hydrogen-bond acceptors (Lipinski definition) is 5. The number of furan rings is 1. The van der Waals surface area contributed by atoms with Gasteiger partial charge in [-0.25, -0.2) is 0 Å². The Morgan fingerprint density at radius 2 is 2.12 bits per heavy atom. The molecule has 130 valence electrons. The number of carbonyl (C=O) groups is 1. The van der Waals surface area contributed by atoms with Crippen molar-refractivity contribution >= 4 is 5.91 Å². The molecule has 1 unspecified atom stereocenters. The maximum Gasteiger partial charge on any atom is 0.258 e. The Balaban J connectivity index is 1.62. The molecule has 0 fully saturated rings. The number of aliphatic hydroxyl groups is 1. The van der Waals surface area contributed by atoms with Crippen molar-refractivity contribution in [3.05, 3.63) is 60.0 Å². The van der Waals surface area contributed by atoms with E-state index in [0.717, 1.165) is 11.3 Å². The zero-order valence-electron chi connectivity index (χ0n) is 14.0. The Morgan fingerprint density at radius 1 is 1.36 bits per heavy atom. The van der Waals surface area contributed by atoms with Gasteiger partial charge in [-0.2, -0.15) is 0 Å². The fourth-order valence-corrected chi connectivity index (χ4v) is 2.49. The maximum atomic E-state index is 12.2. The molecule has 1 atom stereocenters. The number of benzene rings is 1. The van der Waals surface area contributed by atoms with Gasteiger partial charge in [0.25, 0.3) is 5.91 Å². The Hall–Kier alpha value is -3.06. The lowest BCUT2D eigenvalue weighted by atomic mass is 10.1. The van der Waals surface area contributed by atoms with Crippen molar-refractivity contribution in [1.29, 1.82) is 0 Å². The van der Waals surface area contributed by atoms with Crippen molar-refractivity contribution in [3.63, 3.8) is 0 Å². The molecular formula is C18H19N3O4. The molecular weight excluding hydrogens is 322 g/mol. The Morgan fingerprint density at radius 3 is 2.76 bits per heavy atom. The second-order valence-electron chi connectivity index (χ2n) is 5.55. The monoisotopic (exact) mass is 341 g/mol. The van der Waals surface area contributed by atoms with Crippen LogP contribution in [0.3, 0.4) is 0 Å². The van der Waals surface area contributed by atoms with Gasteiger partial charge in [0.05, 0.1) is 19.5 Å². The SMILES string of the molecule is COc1nn(C)cc1C(=O)NCC(O)c1ccc(-c2ccco2)cc1. The quantitative estimate of drug-likeness (QED) is 0.717. The van der Waals surface area contributed by atoms with Crippen LogP contribution in [0.1, 0.15) is 22.0 Å². The van der Waals surface area contributed by atoms with Crippen LogP contribution in [0.2, 0.25) is 0 Å². The minimum atomic E-state index is -0.822. The number of aliphatic hydroxyl groups excluding tert-OH is 1. The summed E-state index contributed by atoms with van der Waals surface area (Å²) in [5, 5.41) is 17.0. The number of aryl methyl sites for hydroxylation is 1. The van der Waals surface area contributed by atoms with Gasteiger partial charge in [0.2, 0.25) is 5.88 Å². The van der Waals surface area contributed by atoms with Gasteiger partial charge in [-0.1, -0.05) is 24.3 Å². The lowest BCUT2D eigenvalue weighted by molar-refractivity contribution is 0.0913. The fraction of sp³-hybridized carbons (Fsp3) is 0.222. The van der Waals surface area contributed by atoms with Crippen LogP contribution >= 0.6 is 0 Å². The summed E-state index contributed by atoms with van der Waals surface area (Å²) in [6, 6.07) is 11.0. The summed E-state index contributed by atoms with van der Waals surface area (Å²) in [6.45, 7) is 0.0803. The summed E-state index contributed by atoms with van der Waals surface area (Å²) in [5.74, 6) is 0.659. The van der Waals surface area contributed by atoms with Crippen LogP contribution in [0, 0.1) is 0 Å². The van der Waals surface area contributed by atoms with E-state index in [2.05, 4.69) is 10.4 Å². The summed E-state index contributed by atoms with van der Waals surface area (Å²) in [4.78, 5) is 12.2. The van der Waals surface area contributed by atoms with Crippen molar-refractivity contribution in [2.24, 2.45) is 7.05 Å². The Labute approximate surface area is 144 Å². The van der Waals surface area contributed by atoms with E-state index >= 15 is 0 Å². The molecule has 3 aromatic rings. The lowest BCUT2D eigenvalue weighted by Gasteiger charge is -2.12. The molecule has 2 N–H and O–H groups in total. The number of amides is 1. The van der Waals surface area contributed by atoms with Crippen molar-refractivity contribution in [3.8, 4) is 17.2 Å². The summed E-state index contributed by atoms with van der Waals surface area (Å²) in [7, 11) is 3.16. The smallest absolute Gasteiger partial charge is 0.258 e. The molecule has 7 nitrogen and oxygen atoms in total. The first kappa shape index (κ1) is 16.8. The third kappa shape index (κ3) is 3.72. The second kappa shape index (κ2) is 7.23. The maximum absolute atomic E-state index is 12.2. The predicted octanol–water partition coefficient (Wildman–Crippen LogP) is 2.15. The summed E-state index contributed by atoms with van der Waals surface area (Å²) < 4.78 is 11.9. The van der Waals surface area contributed by atoms with E-state index in [1.165, 1.54) is 11.8 Å². The fourth-order valence-electron chi connectivity index (χ4n) is 2.49. The topological polar surface area (TPSA) is 89.5 Å². The zero-order chi connectivity index (χ0) is 17.8. The molecule has 0 aliphatic carbocycles. The third-order valence-corrected chi connectivity index (χ3v) is 3.79. The van der Waals surface area contributed by atoms with Crippen LogP contribution in [0.25, 0.3) is 11.3 Å². The molecule has 0 spiro atoms. The molecule has 25 heavy (non-hydrogen) atoms. The van der Waals surface area contributed by atoms with Crippen LogP contribution in [0.15, 0.2) is 53.3 Å². The van der Waals surface area contributed by atoms with E-state index in [4.69, 9.17) is 9.15 Å². The lowest BCUT2D eigenvalue weighted by Crippen LogP contribution is -2.28. The van der Waals surface area contributed by atoms with E-state index in [1.807, 2.05) is 24.3 Å². The predicted molar refractivity (Wildman–Crippen MR) is 91.2 cm³/mol. The van der Waals surface area contributed by atoms with Crippen molar-refractivity contribution in [2.75, 3.05) is 13.7 Å². The number of hydrogen-bond donors (Lipinski definition) is 2. The molecule has 2 aromatic heterocycles. The zero-order valence-corrected chi connectivity index (χ0v) is 14.0. The summed E-state index contributed by atoms with van der Waals surface area (Å²) in [6.07, 6.45) is 2.36. The van der Waals surface area contributed by atoms with Gasteiger partial charge in [-0.15, -0.1) is 5.10 Å².